The summed E-state index contributed by atoms with van der Waals surface area (Å²) < 4.78 is 7.77. The quantitative estimate of drug-likeness (QED) is 0.0225. The van der Waals surface area contributed by atoms with Crippen LogP contribution in [0.5, 0.6) is 0 Å². The Balaban J connectivity index is 0.000000184. The van der Waals surface area contributed by atoms with Crippen LogP contribution in [0.1, 0.15) is 172 Å². The number of nitrogens with one attached hydrogen (secondary N) is 4. The first kappa shape index (κ1) is 84.3. The number of H-pyrrole nitrogens is 4. The van der Waals surface area contributed by atoms with Gasteiger partial charge in [0, 0.05) is 112 Å². The molecule has 0 aliphatic carbocycles. The number of aliphatic carboxylic acids is 1. The summed E-state index contributed by atoms with van der Waals surface area (Å²) in [6, 6.07) is 16.0. The Kier molecular flexibility index (Phi) is 29.2. The first-order valence-electron chi connectivity index (χ1n) is 37.8. The van der Waals surface area contributed by atoms with Crippen molar-refractivity contribution in [3.05, 3.63) is 154 Å². The number of aromatic amines is 4. The molecule has 110 heavy (non-hydrogen) atoms. The number of anilines is 4. The summed E-state index contributed by atoms with van der Waals surface area (Å²) in [5, 5.41) is 8.78. The zero-order valence-corrected chi connectivity index (χ0v) is 65.7. The fourth-order valence-corrected chi connectivity index (χ4v) is 13.9. The molecular weight excluding hydrogens is 1400 g/mol. The van der Waals surface area contributed by atoms with Gasteiger partial charge < -0.3 is 43.0 Å². The SMILES string of the molecule is C.CCCCCCCn1c2nc(=O)[nH]c(=O)c-2nc2cc(C)c(N(C)C)cc21.CCCCCCCn1c2nc(=O)[nH]c(=O)c-2nc2cc(C)c(N(C)C)cc21.CCCCCCCn1c2nc(=O)[nH]c(=O)c-2nc2cc(C)c(N(C)C)cc21.Cc1cc2nc3c(=O)[nH]c(=O)nc-3n(CCCCCC(=O)O)c2cc1N(C)C. The van der Waals surface area contributed by atoms with E-state index in [0.29, 0.717) is 68.4 Å². The lowest BCUT2D eigenvalue weighted by molar-refractivity contribution is -0.137. The number of nitrogens with zero attached hydrogens (tertiary/aromatic N) is 16. The molecule has 30 nitrogen and oxygen atoms in total. The highest BCUT2D eigenvalue weighted by Crippen LogP contribution is 2.33. The summed E-state index contributed by atoms with van der Waals surface area (Å²) in [5.74, 6) is 0.511. The molecule has 588 valence electrons. The number of fused-ring (bicyclic) bond motifs is 8. The third-order valence-corrected chi connectivity index (χ3v) is 19.4. The van der Waals surface area contributed by atoms with Crippen LogP contribution in [0.2, 0.25) is 0 Å². The van der Waals surface area contributed by atoms with Crippen molar-refractivity contribution in [2.24, 2.45) is 0 Å². The van der Waals surface area contributed by atoms with Gasteiger partial charge >= 0.3 is 28.7 Å². The van der Waals surface area contributed by atoms with Crippen LogP contribution >= 0.6 is 0 Å². The van der Waals surface area contributed by atoms with Crippen molar-refractivity contribution in [2.75, 3.05) is 76.0 Å². The van der Waals surface area contributed by atoms with Crippen molar-refractivity contribution in [2.45, 2.75) is 204 Å². The third-order valence-electron chi connectivity index (χ3n) is 19.4. The molecule has 30 heteroatoms. The summed E-state index contributed by atoms with van der Waals surface area (Å²) >= 11 is 0. The Morgan fingerprint density at radius 2 is 0.536 bits per heavy atom. The van der Waals surface area contributed by atoms with Crippen LogP contribution in [-0.2, 0) is 31.0 Å². The van der Waals surface area contributed by atoms with E-state index in [9.17, 15) is 43.2 Å². The lowest BCUT2D eigenvalue weighted by Crippen LogP contribution is -2.29. The van der Waals surface area contributed by atoms with E-state index in [1.807, 2.05) is 138 Å². The maximum Gasteiger partial charge on any atom is 0.349 e. The van der Waals surface area contributed by atoms with Gasteiger partial charge in [-0.1, -0.05) is 112 Å². The van der Waals surface area contributed by atoms with E-state index in [1.54, 1.807) is 0 Å². The van der Waals surface area contributed by atoms with Gasteiger partial charge in [0.25, 0.3) is 22.2 Å². The van der Waals surface area contributed by atoms with Crippen molar-refractivity contribution in [3.63, 3.8) is 0 Å². The predicted octanol–water partition coefficient (Wildman–Crippen LogP) is 11.0. The summed E-state index contributed by atoms with van der Waals surface area (Å²) in [7, 11) is 15.9. The van der Waals surface area contributed by atoms with E-state index in [4.69, 9.17) is 5.11 Å². The summed E-state index contributed by atoms with van der Waals surface area (Å²) in [6.45, 7) is 17.2. The van der Waals surface area contributed by atoms with E-state index in [1.165, 1.54) is 57.8 Å². The fraction of sp³-hybridized carbons (Fsp3) is 0.487. The molecule has 4 aromatic rings. The molecule has 8 heterocycles. The van der Waals surface area contributed by atoms with Crippen LogP contribution in [0.25, 0.3) is 90.2 Å². The average molecular weight is 1510 g/mol. The number of rotatable bonds is 28. The van der Waals surface area contributed by atoms with Gasteiger partial charge in [-0.15, -0.1) is 0 Å². The number of aryl methyl sites for hydroxylation is 8. The first-order chi connectivity index (χ1) is 52.0. The highest BCUT2D eigenvalue weighted by atomic mass is 16.4. The van der Waals surface area contributed by atoms with E-state index in [0.717, 1.165) is 122 Å². The maximum atomic E-state index is 12.3. The molecule has 0 radical (unpaired) electrons. The standard InChI is InChI=1S/3C20H27N5O2.C19H23N5O4.CH4/c3*1-5-6-7-8-9-10-25-16-12-15(24(3)4)13(2)11-14(16)21-17-18(25)22-20(27)23-19(17)26;1-11-9-12-14(10-13(11)23(2)3)24(8-6-4-5-7-15(25)26)17-16(20-12)18(27)22-19(28)21-17;/h3*11-12H,5-10H2,1-4H3,(H,23,26,27);9-10H,4-8H2,1-3H3,(H,25,26)(H,22,27,28);1H4. The number of carbonyl (C=O) groups is 1. The molecule has 8 aliphatic heterocycles. The highest BCUT2D eigenvalue weighted by molar-refractivity contribution is 5.88. The molecule has 0 saturated heterocycles. The van der Waals surface area contributed by atoms with E-state index in [-0.39, 0.29) is 42.4 Å². The molecule has 0 unspecified atom stereocenters. The zero-order chi connectivity index (χ0) is 79.1. The second-order valence-electron chi connectivity index (χ2n) is 28.8. The number of benzene rings is 4. The van der Waals surface area contributed by atoms with Crippen LogP contribution in [0.3, 0.4) is 0 Å². The largest absolute Gasteiger partial charge is 0.481 e. The highest BCUT2D eigenvalue weighted by Gasteiger charge is 2.25. The Bertz CT molecular complexity index is 5190. The van der Waals surface area contributed by atoms with Crippen molar-refractivity contribution in [1.29, 1.82) is 0 Å². The average Bonchev–Trinajstić information content (AvgIpc) is 0.773. The van der Waals surface area contributed by atoms with E-state index in [2.05, 4.69) is 113 Å². The molecule has 0 amide bonds. The molecule has 0 saturated carbocycles. The van der Waals surface area contributed by atoms with Crippen LogP contribution in [0.4, 0.5) is 22.7 Å². The normalized spacial score (nSPS) is 11.3. The fourth-order valence-electron chi connectivity index (χ4n) is 13.9. The van der Waals surface area contributed by atoms with Gasteiger partial charge in [0.1, 0.15) is 0 Å². The van der Waals surface area contributed by atoms with Gasteiger partial charge in [0.15, 0.2) is 46.1 Å². The minimum atomic E-state index is -0.817. The summed E-state index contributed by atoms with van der Waals surface area (Å²) in [4.78, 5) is 158. The monoisotopic (exact) mass is 1510 g/mol. The predicted molar refractivity (Wildman–Crippen MR) is 440 cm³/mol. The van der Waals surface area contributed by atoms with Crippen LogP contribution in [0, 0.1) is 27.7 Å². The molecule has 12 rings (SSSR count). The Hall–Kier alpha value is -11.3. The summed E-state index contributed by atoms with van der Waals surface area (Å²) in [5.41, 5.74) is 11.0. The van der Waals surface area contributed by atoms with Gasteiger partial charge in [-0.25, -0.2) is 39.1 Å². The molecule has 4 aromatic carbocycles. The second-order valence-corrected chi connectivity index (χ2v) is 28.8. The Labute approximate surface area is 638 Å². The molecule has 0 fully saturated rings. The molecular formula is C80H108N20O10. The summed E-state index contributed by atoms with van der Waals surface area (Å²) in [6.07, 6.45) is 19.1. The lowest BCUT2D eigenvalue weighted by atomic mass is 10.1. The van der Waals surface area contributed by atoms with Crippen LogP contribution < -0.4 is 64.6 Å². The van der Waals surface area contributed by atoms with Crippen LogP contribution in [0.15, 0.2) is 86.9 Å². The number of carboxylic acid groups (broad SMARTS) is 1. The smallest absolute Gasteiger partial charge is 0.349 e. The Morgan fingerprint density at radius 3 is 0.736 bits per heavy atom. The van der Waals surface area contributed by atoms with Crippen molar-refractivity contribution in [1.82, 2.24) is 78.1 Å². The number of aromatic nitrogens is 16. The first-order valence-corrected chi connectivity index (χ1v) is 37.8. The number of hydrogen-bond donors (Lipinski definition) is 5. The van der Waals surface area contributed by atoms with Gasteiger partial charge in [-0.3, -0.25) is 43.9 Å². The topological polar surface area (TPSA) is 373 Å². The van der Waals surface area contributed by atoms with Gasteiger partial charge in [-0.2, -0.15) is 19.9 Å². The van der Waals surface area contributed by atoms with Crippen LogP contribution in [-0.4, -0.2) is 146 Å². The molecule has 0 atom stereocenters. The molecule has 0 bridgehead atoms. The third kappa shape index (κ3) is 20.1. The van der Waals surface area contributed by atoms with Crippen molar-refractivity contribution < 1.29 is 9.90 Å². The lowest BCUT2D eigenvalue weighted by Gasteiger charge is -2.21. The maximum absolute atomic E-state index is 12.3. The Morgan fingerprint density at radius 1 is 0.327 bits per heavy atom. The van der Waals surface area contributed by atoms with Gasteiger partial charge in [0.2, 0.25) is 0 Å². The zero-order valence-electron chi connectivity index (χ0n) is 65.7. The van der Waals surface area contributed by atoms with Crippen molar-refractivity contribution >= 4 is 72.9 Å². The molecule has 5 N–H and O–H groups in total. The minimum Gasteiger partial charge on any atom is -0.481 e. The van der Waals surface area contributed by atoms with Crippen molar-refractivity contribution in [3.8, 4) is 46.1 Å². The second kappa shape index (κ2) is 38.2. The molecule has 8 aliphatic rings. The number of carboxylic acids is 1. The molecule has 0 aromatic heterocycles. The molecule has 0 spiro atoms. The van der Waals surface area contributed by atoms with Gasteiger partial charge in [-0.05, 0) is 131 Å². The number of hydrogen-bond acceptors (Lipinski definition) is 21. The van der Waals surface area contributed by atoms with E-state index >= 15 is 0 Å². The number of unbranched alkanes of at least 4 members (excludes halogenated alkanes) is 14. The minimum absolute atomic E-state index is 0. The van der Waals surface area contributed by atoms with E-state index < -0.39 is 51.0 Å². The van der Waals surface area contributed by atoms with Gasteiger partial charge in [0.05, 0.1) is 44.1 Å².